The molecule has 2 N–H and O–H groups in total. The Labute approximate surface area is 164 Å². The Balaban J connectivity index is 1.54. The summed E-state index contributed by atoms with van der Waals surface area (Å²) in [5.74, 6) is 0.355. The molecule has 1 aromatic heterocycles. The first-order valence-corrected chi connectivity index (χ1v) is 9.64. The highest BCUT2D eigenvalue weighted by Gasteiger charge is 2.42. The number of para-hydroxylation sites is 1. The number of carbonyl (C=O) groups excluding carboxylic acids is 1. The minimum absolute atomic E-state index is 0.0705. The second-order valence-electron chi connectivity index (χ2n) is 7.67. The predicted molar refractivity (Wildman–Crippen MR) is 107 cm³/mol. The predicted octanol–water partition coefficient (Wildman–Crippen LogP) is 3.50. The number of hydrogen-bond acceptors (Lipinski definition) is 4. The average molecular weight is 379 g/mol. The first kappa shape index (κ1) is 18.7. The lowest BCUT2D eigenvalue weighted by molar-refractivity contribution is -0.131. The Morgan fingerprint density at radius 2 is 1.79 bits per heavy atom. The first-order chi connectivity index (χ1) is 13.5. The molecule has 3 aromatic rings. The zero-order valence-electron chi connectivity index (χ0n) is 16.0. The van der Waals surface area contributed by atoms with Gasteiger partial charge in [-0.3, -0.25) is 4.79 Å². The highest BCUT2D eigenvalue weighted by atomic mass is 16.5. The van der Waals surface area contributed by atoms with Gasteiger partial charge in [-0.1, -0.05) is 48.5 Å². The van der Waals surface area contributed by atoms with Gasteiger partial charge in [0, 0.05) is 18.6 Å². The summed E-state index contributed by atoms with van der Waals surface area (Å²) in [4.78, 5) is 13.3. The van der Waals surface area contributed by atoms with E-state index >= 15 is 0 Å². The van der Waals surface area contributed by atoms with Crippen molar-refractivity contribution in [2.24, 2.45) is 0 Å². The van der Waals surface area contributed by atoms with Gasteiger partial charge in [0.05, 0.1) is 12.0 Å². The highest BCUT2D eigenvalue weighted by molar-refractivity contribution is 5.88. The third-order valence-electron chi connectivity index (χ3n) is 5.66. The summed E-state index contributed by atoms with van der Waals surface area (Å²) in [5, 5.41) is 14.9. The van der Waals surface area contributed by atoms with Crippen LogP contribution in [0.4, 0.5) is 0 Å². The highest BCUT2D eigenvalue weighted by Crippen LogP contribution is 2.35. The van der Waals surface area contributed by atoms with Crippen LogP contribution < -0.4 is 5.32 Å². The van der Waals surface area contributed by atoms with Crippen molar-refractivity contribution in [3.63, 3.8) is 0 Å². The monoisotopic (exact) mass is 379 g/mol. The van der Waals surface area contributed by atoms with Crippen molar-refractivity contribution < 1.29 is 19.1 Å². The van der Waals surface area contributed by atoms with Crippen LogP contribution in [0.15, 0.2) is 65.1 Å². The van der Waals surface area contributed by atoms with Crippen LogP contribution in [0, 0.1) is 0 Å². The molecule has 4 rings (SSSR count). The van der Waals surface area contributed by atoms with Crippen LogP contribution in [0.3, 0.4) is 0 Å². The molecule has 5 heteroatoms. The van der Waals surface area contributed by atoms with Crippen LogP contribution in [0.1, 0.15) is 31.1 Å². The second-order valence-corrected chi connectivity index (χ2v) is 7.67. The van der Waals surface area contributed by atoms with E-state index in [1.54, 1.807) is 6.92 Å². The molecule has 1 amide bonds. The van der Waals surface area contributed by atoms with Crippen molar-refractivity contribution >= 4 is 16.9 Å². The fraction of sp³-hybridized carbons (Fsp3) is 0.348. The van der Waals surface area contributed by atoms with Crippen LogP contribution in [0.2, 0.25) is 0 Å². The smallest absolute Gasteiger partial charge is 0.230 e. The van der Waals surface area contributed by atoms with Crippen molar-refractivity contribution in [2.45, 2.75) is 30.8 Å². The SMILES string of the molecule is CC(O)(CNC(=O)C1(c2ccccc2)CCOCC1)c1cc2ccccc2o1. The van der Waals surface area contributed by atoms with E-state index in [9.17, 15) is 9.90 Å². The molecule has 0 aliphatic carbocycles. The molecule has 1 fully saturated rings. The summed E-state index contributed by atoms with van der Waals surface area (Å²) in [6.07, 6.45) is 1.24. The van der Waals surface area contributed by atoms with Crippen molar-refractivity contribution in [1.29, 1.82) is 0 Å². The molecule has 1 atom stereocenters. The van der Waals surface area contributed by atoms with Gasteiger partial charge in [-0.05, 0) is 37.5 Å². The Morgan fingerprint density at radius 3 is 2.50 bits per heavy atom. The zero-order valence-corrected chi connectivity index (χ0v) is 16.0. The summed E-state index contributed by atoms with van der Waals surface area (Å²) >= 11 is 0. The molecule has 2 aromatic carbocycles. The zero-order chi connectivity index (χ0) is 19.6. The van der Waals surface area contributed by atoms with Gasteiger partial charge in [0.1, 0.15) is 16.9 Å². The van der Waals surface area contributed by atoms with Gasteiger partial charge in [-0.15, -0.1) is 0 Å². The molecule has 2 heterocycles. The lowest BCUT2D eigenvalue weighted by Gasteiger charge is -2.37. The van der Waals surface area contributed by atoms with E-state index in [1.165, 1.54) is 0 Å². The summed E-state index contributed by atoms with van der Waals surface area (Å²) in [5.41, 5.74) is -0.241. The molecule has 0 spiro atoms. The van der Waals surface area contributed by atoms with Gasteiger partial charge in [0.2, 0.25) is 5.91 Å². The lowest BCUT2D eigenvalue weighted by Crippen LogP contribution is -2.51. The maximum atomic E-state index is 13.3. The molecule has 146 valence electrons. The molecule has 1 aliphatic rings. The van der Waals surface area contributed by atoms with Gasteiger partial charge in [0.25, 0.3) is 0 Å². The first-order valence-electron chi connectivity index (χ1n) is 9.64. The number of aliphatic hydroxyl groups is 1. The van der Waals surface area contributed by atoms with Crippen LogP contribution >= 0.6 is 0 Å². The van der Waals surface area contributed by atoms with Crippen LogP contribution in [0.25, 0.3) is 11.0 Å². The van der Waals surface area contributed by atoms with E-state index < -0.39 is 11.0 Å². The number of benzene rings is 2. The standard InChI is InChI=1S/C23H25NO4/c1-22(26,20-15-17-7-5-6-10-19(17)28-20)16-24-21(25)23(11-13-27-14-12-23)18-8-3-2-4-9-18/h2-10,15,26H,11-14,16H2,1H3,(H,24,25). The number of rotatable bonds is 5. The number of amides is 1. The fourth-order valence-electron chi connectivity index (χ4n) is 3.88. The van der Waals surface area contributed by atoms with Crippen LogP contribution in [0.5, 0.6) is 0 Å². The Morgan fingerprint density at radius 1 is 1.11 bits per heavy atom. The molecular formula is C23H25NO4. The quantitative estimate of drug-likeness (QED) is 0.712. The normalized spacial score (nSPS) is 18.5. The largest absolute Gasteiger partial charge is 0.458 e. The third-order valence-corrected chi connectivity index (χ3v) is 5.66. The van der Waals surface area contributed by atoms with Crippen molar-refractivity contribution in [2.75, 3.05) is 19.8 Å². The van der Waals surface area contributed by atoms with Crippen LogP contribution in [-0.4, -0.2) is 30.8 Å². The molecule has 5 nitrogen and oxygen atoms in total. The maximum absolute atomic E-state index is 13.3. The number of fused-ring (bicyclic) bond motifs is 1. The van der Waals surface area contributed by atoms with Crippen molar-refractivity contribution in [3.05, 3.63) is 72.0 Å². The molecule has 0 saturated carbocycles. The van der Waals surface area contributed by atoms with Gasteiger partial charge in [-0.2, -0.15) is 0 Å². The number of ether oxygens (including phenoxy) is 1. The number of hydrogen-bond donors (Lipinski definition) is 2. The number of nitrogens with one attached hydrogen (secondary N) is 1. The number of carbonyl (C=O) groups is 1. The van der Waals surface area contributed by atoms with E-state index in [0.717, 1.165) is 10.9 Å². The third kappa shape index (κ3) is 3.43. The van der Waals surface area contributed by atoms with Gasteiger partial charge >= 0.3 is 0 Å². The molecule has 1 aliphatic heterocycles. The second kappa shape index (κ2) is 7.41. The van der Waals surface area contributed by atoms with E-state index in [4.69, 9.17) is 9.15 Å². The molecular weight excluding hydrogens is 354 g/mol. The average Bonchev–Trinajstić information content (AvgIpc) is 3.18. The van der Waals surface area contributed by atoms with Gasteiger partial charge in [-0.25, -0.2) is 0 Å². The molecule has 1 saturated heterocycles. The minimum atomic E-state index is -1.31. The fourth-order valence-corrected chi connectivity index (χ4v) is 3.88. The van der Waals surface area contributed by atoms with E-state index in [2.05, 4.69) is 5.32 Å². The van der Waals surface area contributed by atoms with Crippen LogP contribution in [-0.2, 0) is 20.5 Å². The Hall–Kier alpha value is -2.63. The van der Waals surface area contributed by atoms with E-state index in [0.29, 0.717) is 37.4 Å². The Bertz CT molecular complexity index is 922. The summed E-state index contributed by atoms with van der Waals surface area (Å²) < 4.78 is 11.3. The molecule has 0 radical (unpaired) electrons. The Kier molecular flexibility index (Phi) is 4.96. The maximum Gasteiger partial charge on any atom is 0.230 e. The minimum Gasteiger partial charge on any atom is -0.458 e. The molecule has 0 bridgehead atoms. The van der Waals surface area contributed by atoms with Gasteiger partial charge < -0.3 is 19.6 Å². The summed E-state index contributed by atoms with van der Waals surface area (Å²) in [7, 11) is 0. The topological polar surface area (TPSA) is 71.7 Å². The summed E-state index contributed by atoms with van der Waals surface area (Å²) in [6.45, 7) is 2.82. The lowest BCUT2D eigenvalue weighted by atomic mass is 9.73. The summed E-state index contributed by atoms with van der Waals surface area (Å²) in [6, 6.07) is 19.3. The van der Waals surface area contributed by atoms with E-state index in [1.807, 2.05) is 60.7 Å². The number of furan rings is 1. The van der Waals surface area contributed by atoms with Gasteiger partial charge in [0.15, 0.2) is 0 Å². The van der Waals surface area contributed by atoms with Crippen molar-refractivity contribution in [1.82, 2.24) is 5.32 Å². The van der Waals surface area contributed by atoms with Crippen molar-refractivity contribution in [3.8, 4) is 0 Å². The molecule has 28 heavy (non-hydrogen) atoms. The molecule has 1 unspecified atom stereocenters. The van der Waals surface area contributed by atoms with E-state index in [-0.39, 0.29) is 12.5 Å².